The number of carbonyl (C=O) groups is 1. The quantitative estimate of drug-likeness (QED) is 0.366. The number of aromatic hydroxyl groups is 1. The van der Waals surface area contributed by atoms with Gasteiger partial charge in [0.15, 0.2) is 22.4 Å². The van der Waals surface area contributed by atoms with Gasteiger partial charge in [0.05, 0.1) is 12.7 Å². The number of halogens is 1. The summed E-state index contributed by atoms with van der Waals surface area (Å²) >= 11 is 1.23. The predicted molar refractivity (Wildman–Crippen MR) is 127 cm³/mol. The van der Waals surface area contributed by atoms with E-state index in [4.69, 9.17) is 4.74 Å². The molecule has 0 saturated heterocycles. The molecule has 5 rings (SSSR count). The molecule has 1 atom stereocenters. The summed E-state index contributed by atoms with van der Waals surface area (Å²) in [6.07, 6.45) is 1.78. The average Bonchev–Trinajstić information content (AvgIpc) is 2.83. The van der Waals surface area contributed by atoms with Crippen LogP contribution in [-0.2, 0) is 10.5 Å². The number of H-pyrrole nitrogens is 1. The van der Waals surface area contributed by atoms with Gasteiger partial charge in [-0.15, -0.1) is 0 Å². The van der Waals surface area contributed by atoms with Crippen LogP contribution in [-0.4, -0.2) is 28.0 Å². The first kappa shape index (κ1) is 22.2. The largest absolute Gasteiger partial charge is 0.504 e. The van der Waals surface area contributed by atoms with Crippen LogP contribution in [0, 0.1) is 5.82 Å². The van der Waals surface area contributed by atoms with Crippen molar-refractivity contribution in [1.29, 1.82) is 0 Å². The van der Waals surface area contributed by atoms with E-state index >= 15 is 0 Å². The van der Waals surface area contributed by atoms with E-state index in [9.17, 15) is 19.1 Å². The van der Waals surface area contributed by atoms with E-state index in [0.717, 1.165) is 5.70 Å². The normalized spacial score (nSPS) is 17.1. The van der Waals surface area contributed by atoms with Crippen molar-refractivity contribution in [2.75, 3.05) is 12.4 Å². The molecule has 0 amide bonds. The lowest BCUT2D eigenvalue weighted by Crippen LogP contribution is -2.32. The van der Waals surface area contributed by atoms with Gasteiger partial charge < -0.3 is 20.1 Å². The molecule has 174 valence electrons. The fraction of sp³-hybridized carbons (Fsp3) is 0.240. The highest BCUT2D eigenvalue weighted by Gasteiger charge is 2.38. The highest BCUT2D eigenvalue weighted by Crippen LogP contribution is 2.45. The second-order valence-electron chi connectivity index (χ2n) is 8.17. The van der Waals surface area contributed by atoms with Crippen molar-refractivity contribution in [2.24, 2.45) is 0 Å². The third-order valence-corrected chi connectivity index (χ3v) is 7.02. The number of carbonyl (C=O) groups excluding carboxylic acids is 1. The highest BCUT2D eigenvalue weighted by atomic mass is 32.2. The Balaban J connectivity index is 1.59. The van der Waals surface area contributed by atoms with Gasteiger partial charge in [-0.05, 0) is 42.2 Å². The molecule has 0 radical (unpaired) electrons. The van der Waals surface area contributed by atoms with Crippen LogP contribution in [0.2, 0.25) is 0 Å². The second kappa shape index (κ2) is 8.98. The Kier molecular flexibility index (Phi) is 5.87. The molecule has 0 spiro atoms. The fourth-order valence-electron chi connectivity index (χ4n) is 4.48. The lowest BCUT2D eigenvalue weighted by molar-refractivity contribution is -0.116. The Hall–Kier alpha value is -3.59. The van der Waals surface area contributed by atoms with Crippen LogP contribution in [0.15, 0.2) is 63.7 Å². The molecule has 9 heteroatoms. The number of ketones is 1. The first-order chi connectivity index (χ1) is 16.5. The van der Waals surface area contributed by atoms with E-state index in [1.165, 1.54) is 31.0 Å². The third-order valence-electron chi connectivity index (χ3n) is 6.10. The van der Waals surface area contributed by atoms with Gasteiger partial charge in [0.2, 0.25) is 0 Å². The van der Waals surface area contributed by atoms with Crippen molar-refractivity contribution >= 4 is 23.4 Å². The van der Waals surface area contributed by atoms with Crippen molar-refractivity contribution in [3.63, 3.8) is 0 Å². The Morgan fingerprint density at radius 2 is 2.03 bits per heavy atom. The lowest BCUT2D eigenvalue weighted by Gasteiger charge is -2.33. The van der Waals surface area contributed by atoms with Crippen LogP contribution in [0.4, 0.5) is 10.2 Å². The number of ether oxygens (including phenoxy) is 1. The molecule has 3 aromatic rings. The Morgan fingerprint density at radius 3 is 2.82 bits per heavy atom. The molecule has 34 heavy (non-hydrogen) atoms. The topological polar surface area (TPSA) is 104 Å². The van der Waals surface area contributed by atoms with E-state index in [1.54, 1.807) is 30.3 Å². The van der Waals surface area contributed by atoms with Gasteiger partial charge >= 0.3 is 0 Å². The molecular weight excluding hydrogens is 457 g/mol. The number of nitrogens with zero attached hydrogens (tertiary/aromatic N) is 1. The Labute approximate surface area is 199 Å². The molecule has 3 N–H and O–H groups in total. The third kappa shape index (κ3) is 3.96. The van der Waals surface area contributed by atoms with E-state index < -0.39 is 5.92 Å². The van der Waals surface area contributed by atoms with Gasteiger partial charge in [0.1, 0.15) is 11.6 Å². The Morgan fingerprint density at radius 1 is 1.21 bits per heavy atom. The number of rotatable bonds is 5. The SMILES string of the molecule is COc1cc([C@H]2C3=C(CCCC3=O)Nc3nc(SCc4ccccc4F)[nH]c(=O)c32)ccc1O. The molecule has 0 bridgehead atoms. The zero-order chi connectivity index (χ0) is 23.8. The van der Waals surface area contributed by atoms with Gasteiger partial charge in [-0.25, -0.2) is 9.37 Å². The Bertz CT molecular complexity index is 1380. The zero-order valence-corrected chi connectivity index (χ0v) is 19.2. The highest BCUT2D eigenvalue weighted by molar-refractivity contribution is 7.98. The van der Waals surface area contributed by atoms with Crippen molar-refractivity contribution in [3.8, 4) is 11.5 Å². The maximum absolute atomic E-state index is 14.0. The standard InChI is InChI=1S/C25H22FN3O4S/c1-33-19-11-13(9-10-17(19)30)20-21-16(7-4-8-18(21)31)27-23-22(20)24(32)29-25(28-23)34-12-14-5-2-3-6-15(14)26/h2-3,5-6,9-11,20,30H,4,7-8,12H2,1H3,(H2,27,28,29,32)/t20-/m0/s1. The summed E-state index contributed by atoms with van der Waals surface area (Å²) in [7, 11) is 1.44. The monoisotopic (exact) mass is 479 g/mol. The predicted octanol–water partition coefficient (Wildman–Crippen LogP) is 4.48. The number of aromatic amines is 1. The molecular formula is C25H22FN3O4S. The van der Waals surface area contributed by atoms with E-state index in [0.29, 0.717) is 58.3 Å². The summed E-state index contributed by atoms with van der Waals surface area (Å²) in [5.41, 5.74) is 2.42. The van der Waals surface area contributed by atoms with Gasteiger partial charge in [-0.2, -0.15) is 0 Å². The molecule has 2 heterocycles. The number of hydrogen-bond donors (Lipinski definition) is 3. The number of anilines is 1. The van der Waals surface area contributed by atoms with Crippen LogP contribution >= 0.6 is 11.8 Å². The van der Waals surface area contributed by atoms with E-state index in [1.807, 2.05) is 0 Å². The minimum Gasteiger partial charge on any atom is -0.504 e. The van der Waals surface area contributed by atoms with Crippen LogP contribution in [0.1, 0.15) is 41.9 Å². The van der Waals surface area contributed by atoms with Gasteiger partial charge in [0.25, 0.3) is 5.56 Å². The second-order valence-corrected chi connectivity index (χ2v) is 9.14. The van der Waals surface area contributed by atoms with Crippen LogP contribution in [0.25, 0.3) is 0 Å². The summed E-state index contributed by atoms with van der Waals surface area (Å²) in [5.74, 6) is -0.0693. The number of fused-ring (bicyclic) bond motifs is 1. The first-order valence-electron chi connectivity index (χ1n) is 10.9. The average molecular weight is 480 g/mol. The maximum atomic E-state index is 14.0. The van der Waals surface area contributed by atoms with Gasteiger partial charge in [-0.3, -0.25) is 9.59 Å². The molecule has 0 fully saturated rings. The minimum atomic E-state index is -0.643. The number of phenols is 1. The molecule has 2 aromatic carbocycles. The van der Waals surface area contributed by atoms with Crippen LogP contribution in [0.3, 0.4) is 0 Å². The first-order valence-corrected chi connectivity index (χ1v) is 11.9. The molecule has 0 unspecified atom stereocenters. The summed E-state index contributed by atoms with van der Waals surface area (Å²) in [5, 5.41) is 13.6. The van der Waals surface area contributed by atoms with Crippen molar-refractivity contribution in [3.05, 3.63) is 86.6 Å². The lowest BCUT2D eigenvalue weighted by atomic mass is 9.76. The maximum Gasteiger partial charge on any atom is 0.257 e. The fourth-order valence-corrected chi connectivity index (χ4v) is 5.32. The number of Topliss-reactive ketones (excluding diaryl/α,β-unsaturated/α-hetero) is 1. The molecule has 1 aromatic heterocycles. The number of allylic oxidation sites excluding steroid dienone is 2. The van der Waals surface area contributed by atoms with Crippen molar-refractivity contribution in [2.45, 2.75) is 36.1 Å². The number of thioether (sulfide) groups is 1. The van der Waals surface area contributed by atoms with Gasteiger partial charge in [-0.1, -0.05) is 36.0 Å². The van der Waals surface area contributed by atoms with Crippen LogP contribution < -0.4 is 15.6 Å². The smallest absolute Gasteiger partial charge is 0.257 e. The van der Waals surface area contributed by atoms with Crippen molar-refractivity contribution < 1.29 is 19.0 Å². The van der Waals surface area contributed by atoms with Crippen molar-refractivity contribution in [1.82, 2.24) is 9.97 Å². The number of phenolic OH excluding ortho intramolecular Hbond substituents is 1. The number of aromatic nitrogens is 2. The number of nitrogens with one attached hydrogen (secondary N) is 2. The summed E-state index contributed by atoms with van der Waals surface area (Å²) < 4.78 is 19.3. The molecule has 7 nitrogen and oxygen atoms in total. The number of hydrogen-bond acceptors (Lipinski definition) is 7. The summed E-state index contributed by atoms with van der Waals surface area (Å²) in [4.78, 5) is 33.7. The van der Waals surface area contributed by atoms with E-state index in [2.05, 4.69) is 15.3 Å². The molecule has 1 aliphatic carbocycles. The molecule has 0 saturated carbocycles. The molecule has 2 aliphatic rings. The summed E-state index contributed by atoms with van der Waals surface area (Å²) in [6, 6.07) is 11.3. The van der Waals surface area contributed by atoms with Crippen LogP contribution in [0.5, 0.6) is 11.5 Å². The number of methoxy groups -OCH3 is 1. The molecule has 1 aliphatic heterocycles. The summed E-state index contributed by atoms with van der Waals surface area (Å²) in [6.45, 7) is 0. The van der Waals surface area contributed by atoms with Gasteiger partial charge in [0, 0.05) is 29.4 Å². The minimum absolute atomic E-state index is 0.0196. The van der Waals surface area contributed by atoms with E-state index in [-0.39, 0.29) is 28.7 Å². The number of benzene rings is 2. The zero-order valence-electron chi connectivity index (χ0n) is 18.4.